The van der Waals surface area contributed by atoms with E-state index >= 15 is 0 Å². The van der Waals surface area contributed by atoms with Crippen molar-refractivity contribution < 1.29 is 4.42 Å². The molecule has 5 aromatic rings. The fraction of sp³-hybridized carbons (Fsp3) is 0.167. The maximum atomic E-state index is 6.65. The van der Waals surface area contributed by atoms with E-state index in [2.05, 4.69) is 126 Å². The molecular weight excluding hydrogens is 476 g/mol. The van der Waals surface area contributed by atoms with Crippen LogP contribution in [0.15, 0.2) is 119 Å². The van der Waals surface area contributed by atoms with Gasteiger partial charge in [0.05, 0.1) is 5.69 Å². The molecule has 39 heavy (non-hydrogen) atoms. The normalized spacial score (nSPS) is 16.4. The lowest BCUT2D eigenvalue weighted by Gasteiger charge is -2.23. The lowest BCUT2D eigenvalue weighted by atomic mass is 9.90. The zero-order valence-electron chi connectivity index (χ0n) is 22.0. The van der Waals surface area contributed by atoms with E-state index in [0.29, 0.717) is 0 Å². The SMILES string of the molecule is C1=Cc2oc3c(NC4C=CC(CNCc5ccccc5)=CC4)c(-c4ccccc4)c4ccccc4c3c2CC1. The molecule has 3 heteroatoms. The molecule has 2 N–H and O–H groups in total. The Hall–Kier alpha value is -4.34. The van der Waals surface area contributed by atoms with Crippen LogP contribution >= 0.6 is 0 Å². The quantitative estimate of drug-likeness (QED) is 0.231. The predicted molar refractivity (Wildman–Crippen MR) is 164 cm³/mol. The van der Waals surface area contributed by atoms with E-state index in [1.807, 2.05) is 0 Å². The Bertz CT molecular complexity index is 1720. The first kappa shape index (κ1) is 23.8. The van der Waals surface area contributed by atoms with Crippen LogP contribution in [0.4, 0.5) is 5.69 Å². The van der Waals surface area contributed by atoms with Gasteiger partial charge in [-0.25, -0.2) is 0 Å². The molecule has 192 valence electrons. The summed E-state index contributed by atoms with van der Waals surface area (Å²) in [6.45, 7) is 1.74. The summed E-state index contributed by atoms with van der Waals surface area (Å²) < 4.78 is 6.65. The number of allylic oxidation sites excluding steroid dienone is 1. The van der Waals surface area contributed by atoms with Crippen molar-refractivity contribution in [2.24, 2.45) is 0 Å². The van der Waals surface area contributed by atoms with E-state index < -0.39 is 0 Å². The summed E-state index contributed by atoms with van der Waals surface area (Å²) in [5, 5.41) is 11.3. The highest BCUT2D eigenvalue weighted by Gasteiger charge is 2.25. The van der Waals surface area contributed by atoms with Crippen molar-refractivity contribution in [2.75, 3.05) is 11.9 Å². The van der Waals surface area contributed by atoms with E-state index in [-0.39, 0.29) is 6.04 Å². The van der Waals surface area contributed by atoms with Gasteiger partial charge in [0.15, 0.2) is 5.58 Å². The number of hydrogen-bond donors (Lipinski definition) is 2. The van der Waals surface area contributed by atoms with Crippen LogP contribution in [0.25, 0.3) is 38.9 Å². The van der Waals surface area contributed by atoms with E-state index in [1.54, 1.807) is 0 Å². The van der Waals surface area contributed by atoms with Crippen molar-refractivity contribution in [3.05, 3.63) is 132 Å². The molecule has 0 fully saturated rings. The van der Waals surface area contributed by atoms with Crippen molar-refractivity contribution >= 4 is 33.5 Å². The topological polar surface area (TPSA) is 37.2 Å². The van der Waals surface area contributed by atoms with Gasteiger partial charge in [-0.05, 0) is 52.8 Å². The van der Waals surface area contributed by atoms with Gasteiger partial charge >= 0.3 is 0 Å². The van der Waals surface area contributed by atoms with Crippen LogP contribution in [0.1, 0.15) is 29.7 Å². The Morgan fingerprint density at radius 1 is 0.795 bits per heavy atom. The number of aryl methyl sites for hydroxylation is 1. The average molecular weight is 509 g/mol. The summed E-state index contributed by atoms with van der Waals surface area (Å²) in [7, 11) is 0. The van der Waals surface area contributed by atoms with Crippen molar-refractivity contribution in [3.8, 4) is 11.1 Å². The number of furan rings is 1. The lowest BCUT2D eigenvalue weighted by Crippen LogP contribution is -2.22. The molecule has 0 radical (unpaired) electrons. The minimum atomic E-state index is 0.187. The smallest absolute Gasteiger partial charge is 0.159 e. The van der Waals surface area contributed by atoms with Crippen molar-refractivity contribution in [1.29, 1.82) is 0 Å². The second kappa shape index (κ2) is 10.4. The Kier molecular flexibility index (Phi) is 6.36. The fourth-order valence-electron chi connectivity index (χ4n) is 5.99. The number of anilines is 1. The average Bonchev–Trinajstić information content (AvgIpc) is 3.39. The third-order valence-corrected chi connectivity index (χ3v) is 7.88. The largest absolute Gasteiger partial charge is 0.454 e. The lowest BCUT2D eigenvalue weighted by molar-refractivity contribution is 0.596. The van der Waals surface area contributed by atoms with E-state index in [9.17, 15) is 0 Å². The number of rotatable bonds is 7. The summed E-state index contributed by atoms with van der Waals surface area (Å²) in [4.78, 5) is 0. The molecule has 1 aromatic heterocycles. The second-order valence-corrected chi connectivity index (χ2v) is 10.5. The highest BCUT2D eigenvalue weighted by molar-refractivity contribution is 6.21. The van der Waals surface area contributed by atoms with Crippen LogP contribution in [0.5, 0.6) is 0 Å². The summed E-state index contributed by atoms with van der Waals surface area (Å²) in [6.07, 6.45) is 14.3. The minimum absolute atomic E-state index is 0.187. The number of hydrogen-bond acceptors (Lipinski definition) is 3. The van der Waals surface area contributed by atoms with Crippen LogP contribution in [0, 0.1) is 0 Å². The van der Waals surface area contributed by atoms with Crippen LogP contribution < -0.4 is 10.6 Å². The van der Waals surface area contributed by atoms with Crippen molar-refractivity contribution in [3.63, 3.8) is 0 Å². The second-order valence-electron chi connectivity index (χ2n) is 10.5. The van der Waals surface area contributed by atoms with Gasteiger partial charge in [-0.3, -0.25) is 0 Å². The number of benzene rings is 4. The molecule has 2 aliphatic carbocycles. The van der Waals surface area contributed by atoms with Crippen molar-refractivity contribution in [2.45, 2.75) is 31.8 Å². The van der Waals surface area contributed by atoms with Gasteiger partial charge in [0.1, 0.15) is 5.76 Å². The van der Waals surface area contributed by atoms with Gasteiger partial charge < -0.3 is 15.1 Å². The molecule has 0 amide bonds. The van der Waals surface area contributed by atoms with Gasteiger partial charge in [-0.1, -0.05) is 109 Å². The molecule has 0 saturated heterocycles. The van der Waals surface area contributed by atoms with Gasteiger partial charge in [0.25, 0.3) is 0 Å². The Morgan fingerprint density at radius 2 is 1.56 bits per heavy atom. The zero-order chi connectivity index (χ0) is 26.0. The minimum Gasteiger partial charge on any atom is -0.454 e. The maximum absolute atomic E-state index is 6.65. The van der Waals surface area contributed by atoms with Crippen LogP contribution in [0.2, 0.25) is 0 Å². The van der Waals surface area contributed by atoms with Gasteiger partial charge in [0, 0.05) is 35.6 Å². The first-order valence-electron chi connectivity index (χ1n) is 14.0. The maximum Gasteiger partial charge on any atom is 0.159 e. The van der Waals surface area contributed by atoms with E-state index in [4.69, 9.17) is 4.42 Å². The molecule has 1 atom stereocenters. The third-order valence-electron chi connectivity index (χ3n) is 7.88. The summed E-state index contributed by atoms with van der Waals surface area (Å²) in [6, 6.07) is 30.3. The summed E-state index contributed by atoms with van der Waals surface area (Å²) in [5.74, 6) is 1.00. The molecule has 0 spiro atoms. The Labute approximate surface area is 229 Å². The first-order valence-corrected chi connectivity index (χ1v) is 14.0. The Balaban J connectivity index is 1.24. The Morgan fingerprint density at radius 3 is 2.36 bits per heavy atom. The van der Waals surface area contributed by atoms with Crippen LogP contribution in [-0.2, 0) is 13.0 Å². The summed E-state index contributed by atoms with van der Waals surface area (Å²) >= 11 is 0. The molecule has 0 saturated carbocycles. The summed E-state index contributed by atoms with van der Waals surface area (Å²) in [5.41, 5.74) is 8.43. The molecule has 7 rings (SSSR count). The first-order chi connectivity index (χ1) is 19.3. The number of nitrogens with one attached hydrogen (secondary N) is 2. The molecule has 1 unspecified atom stereocenters. The standard InChI is InChI=1S/C36H32N2O/c1-3-11-25(12-4-1)23-37-24-26-19-21-28(22-20-26)38-35-33(27-13-5-2-6-14-27)29-15-7-8-16-30(29)34-31-17-9-10-18-32(31)39-36(34)35/h1-8,10-16,18-21,28,37-38H,9,17,22-24H2. The molecular formula is C36H32N2O. The van der Waals surface area contributed by atoms with E-state index in [0.717, 1.165) is 49.4 Å². The van der Waals surface area contributed by atoms with Gasteiger partial charge in [-0.15, -0.1) is 0 Å². The van der Waals surface area contributed by atoms with Gasteiger partial charge in [-0.2, -0.15) is 0 Å². The zero-order valence-corrected chi connectivity index (χ0v) is 22.0. The third kappa shape index (κ3) is 4.60. The highest BCUT2D eigenvalue weighted by Crippen LogP contribution is 2.47. The highest BCUT2D eigenvalue weighted by atomic mass is 16.3. The fourth-order valence-corrected chi connectivity index (χ4v) is 5.99. The molecule has 0 bridgehead atoms. The van der Waals surface area contributed by atoms with Crippen LogP contribution in [-0.4, -0.2) is 12.6 Å². The number of fused-ring (bicyclic) bond motifs is 5. The molecule has 0 aliphatic heterocycles. The van der Waals surface area contributed by atoms with E-state index in [1.165, 1.54) is 44.0 Å². The molecule has 3 nitrogen and oxygen atoms in total. The molecule has 1 heterocycles. The van der Waals surface area contributed by atoms with Gasteiger partial charge in [0.2, 0.25) is 0 Å². The molecule has 4 aromatic carbocycles. The molecule has 2 aliphatic rings. The predicted octanol–water partition coefficient (Wildman–Crippen LogP) is 8.67. The van der Waals surface area contributed by atoms with Crippen LogP contribution in [0.3, 0.4) is 0 Å². The van der Waals surface area contributed by atoms with Crippen molar-refractivity contribution in [1.82, 2.24) is 5.32 Å². The monoisotopic (exact) mass is 508 g/mol.